The van der Waals surface area contributed by atoms with Gasteiger partial charge in [0.05, 0.1) is 17.3 Å². The molecule has 4 heterocycles. The number of hydrogen-bond donors (Lipinski definition) is 1. The third-order valence-electron chi connectivity index (χ3n) is 6.48. The number of fused-ring (bicyclic) bond motifs is 2. The standard InChI is InChI=1S/C25H27FN6O2/c1-14-27-12-16-8-17(21(34-13-33)10-18(16)28-14)19-9-15-6-7-32(23(15)30-29-19)20-11-24(2,3)31-25(4,5)22(20)26/h6-10,12-13,20,22,31H,11H2,1-5H3/t20-,22-/m0/s1. The summed E-state index contributed by atoms with van der Waals surface area (Å²) in [7, 11) is 0. The maximum atomic E-state index is 15.5. The summed E-state index contributed by atoms with van der Waals surface area (Å²) in [5.41, 5.74) is 1.51. The van der Waals surface area contributed by atoms with Gasteiger partial charge in [-0.1, -0.05) is 0 Å². The summed E-state index contributed by atoms with van der Waals surface area (Å²) in [6.07, 6.45) is 3.11. The van der Waals surface area contributed by atoms with Gasteiger partial charge < -0.3 is 14.6 Å². The Kier molecular flexibility index (Phi) is 5.12. The Labute approximate surface area is 196 Å². The number of nitrogens with zero attached hydrogens (tertiary/aromatic N) is 5. The second-order valence-corrected chi connectivity index (χ2v) is 10.2. The first-order valence-electron chi connectivity index (χ1n) is 11.2. The van der Waals surface area contributed by atoms with Gasteiger partial charge in [0.2, 0.25) is 0 Å². The van der Waals surface area contributed by atoms with Gasteiger partial charge in [0.15, 0.2) is 5.65 Å². The molecule has 176 valence electrons. The van der Waals surface area contributed by atoms with Gasteiger partial charge in [0, 0.05) is 45.9 Å². The van der Waals surface area contributed by atoms with Crippen LogP contribution in [0.1, 0.15) is 46.0 Å². The lowest BCUT2D eigenvalue weighted by Crippen LogP contribution is -2.64. The molecule has 0 saturated carbocycles. The number of benzene rings is 1. The lowest BCUT2D eigenvalue weighted by atomic mass is 9.78. The Morgan fingerprint density at radius 2 is 1.97 bits per heavy atom. The molecule has 1 aliphatic heterocycles. The van der Waals surface area contributed by atoms with Crippen LogP contribution >= 0.6 is 0 Å². The average Bonchev–Trinajstić information content (AvgIpc) is 3.18. The Morgan fingerprint density at radius 1 is 1.18 bits per heavy atom. The molecule has 1 saturated heterocycles. The van der Waals surface area contributed by atoms with E-state index in [0.717, 1.165) is 10.8 Å². The molecule has 0 radical (unpaired) electrons. The molecule has 3 aromatic heterocycles. The van der Waals surface area contributed by atoms with E-state index >= 15 is 4.39 Å². The van der Waals surface area contributed by atoms with Crippen LogP contribution in [0.5, 0.6) is 5.75 Å². The van der Waals surface area contributed by atoms with Crippen molar-refractivity contribution in [3.8, 4) is 17.0 Å². The van der Waals surface area contributed by atoms with Crippen LogP contribution < -0.4 is 10.1 Å². The summed E-state index contributed by atoms with van der Waals surface area (Å²) in [6.45, 7) is 10.1. The summed E-state index contributed by atoms with van der Waals surface area (Å²) < 4.78 is 22.7. The predicted molar refractivity (Wildman–Crippen MR) is 127 cm³/mol. The molecule has 2 atom stereocenters. The van der Waals surface area contributed by atoms with E-state index in [1.165, 1.54) is 0 Å². The summed E-state index contributed by atoms with van der Waals surface area (Å²) in [6, 6.07) is 6.93. The number of aromatic nitrogens is 5. The highest BCUT2D eigenvalue weighted by molar-refractivity contribution is 5.89. The van der Waals surface area contributed by atoms with Gasteiger partial charge in [-0.15, -0.1) is 10.2 Å². The van der Waals surface area contributed by atoms with Crippen molar-refractivity contribution >= 4 is 28.4 Å². The number of carbonyl (C=O) groups is 1. The fraction of sp³-hybridized carbons (Fsp3) is 0.400. The first-order valence-corrected chi connectivity index (χ1v) is 11.2. The van der Waals surface area contributed by atoms with E-state index < -0.39 is 11.7 Å². The zero-order valence-corrected chi connectivity index (χ0v) is 19.8. The van der Waals surface area contributed by atoms with Crippen LogP contribution in [0.3, 0.4) is 0 Å². The maximum absolute atomic E-state index is 15.5. The number of alkyl halides is 1. The van der Waals surface area contributed by atoms with Crippen molar-refractivity contribution in [2.45, 2.75) is 64.3 Å². The molecule has 0 aliphatic carbocycles. The molecular formula is C25H27FN6O2. The first kappa shape index (κ1) is 22.3. The lowest BCUT2D eigenvalue weighted by Gasteiger charge is -2.49. The van der Waals surface area contributed by atoms with Crippen LogP contribution in [-0.2, 0) is 4.79 Å². The van der Waals surface area contributed by atoms with Crippen molar-refractivity contribution in [3.63, 3.8) is 0 Å². The van der Waals surface area contributed by atoms with Gasteiger partial charge in [-0.25, -0.2) is 14.4 Å². The van der Waals surface area contributed by atoms with Gasteiger partial charge >= 0.3 is 0 Å². The molecule has 0 unspecified atom stereocenters. The average molecular weight is 463 g/mol. The van der Waals surface area contributed by atoms with Crippen molar-refractivity contribution in [2.75, 3.05) is 0 Å². The third kappa shape index (κ3) is 3.79. The highest BCUT2D eigenvalue weighted by atomic mass is 19.1. The molecule has 1 fully saturated rings. The fourth-order valence-electron chi connectivity index (χ4n) is 5.19. The number of ether oxygens (including phenoxy) is 1. The number of halogens is 1. The van der Waals surface area contributed by atoms with Crippen LogP contribution in [0.4, 0.5) is 4.39 Å². The predicted octanol–water partition coefficient (Wildman–Crippen LogP) is 4.31. The second-order valence-electron chi connectivity index (χ2n) is 10.2. The van der Waals surface area contributed by atoms with E-state index in [-0.39, 0.29) is 11.6 Å². The molecule has 0 bridgehead atoms. The van der Waals surface area contributed by atoms with Gasteiger partial charge in [-0.05, 0) is 59.2 Å². The fourth-order valence-corrected chi connectivity index (χ4v) is 5.19. The van der Waals surface area contributed by atoms with Crippen LogP contribution in [0.15, 0.2) is 36.7 Å². The van der Waals surface area contributed by atoms with Gasteiger partial charge in [0.1, 0.15) is 17.7 Å². The molecule has 9 heteroatoms. The molecule has 1 aromatic carbocycles. The van der Waals surface area contributed by atoms with E-state index in [2.05, 4.69) is 39.3 Å². The Hall–Kier alpha value is -3.46. The lowest BCUT2D eigenvalue weighted by molar-refractivity contribution is -0.120. The van der Waals surface area contributed by atoms with Gasteiger partial charge in [-0.3, -0.25) is 4.79 Å². The highest BCUT2D eigenvalue weighted by Crippen LogP contribution is 2.40. The normalized spacial score (nSPS) is 21.6. The first-order chi connectivity index (χ1) is 16.1. The Bertz CT molecular complexity index is 1410. The van der Waals surface area contributed by atoms with Crippen molar-refractivity contribution in [2.24, 2.45) is 0 Å². The largest absolute Gasteiger partial charge is 0.428 e. The summed E-state index contributed by atoms with van der Waals surface area (Å²) in [5, 5.41) is 13.9. The quantitative estimate of drug-likeness (QED) is 0.452. The van der Waals surface area contributed by atoms with Crippen LogP contribution in [0, 0.1) is 6.92 Å². The number of nitrogens with one attached hydrogen (secondary N) is 1. The third-order valence-corrected chi connectivity index (χ3v) is 6.48. The minimum atomic E-state index is -1.10. The van der Waals surface area contributed by atoms with Crippen molar-refractivity contribution in [3.05, 3.63) is 42.5 Å². The van der Waals surface area contributed by atoms with E-state index in [1.54, 1.807) is 19.2 Å². The minimum Gasteiger partial charge on any atom is -0.428 e. The Morgan fingerprint density at radius 3 is 2.74 bits per heavy atom. The molecule has 34 heavy (non-hydrogen) atoms. The van der Waals surface area contributed by atoms with Crippen LogP contribution in [0.2, 0.25) is 0 Å². The summed E-state index contributed by atoms with van der Waals surface area (Å²) in [5.74, 6) is 0.953. The topological polar surface area (TPSA) is 94.8 Å². The van der Waals surface area contributed by atoms with E-state index in [0.29, 0.717) is 46.9 Å². The van der Waals surface area contributed by atoms with E-state index in [4.69, 9.17) is 4.74 Å². The molecule has 8 nitrogen and oxygen atoms in total. The molecule has 5 rings (SSSR count). The SMILES string of the molecule is Cc1ncc2cc(-c3cc4ccn([C@H]5CC(C)(C)NC(C)(C)[C@H]5F)c4nn3)c(OC=O)cc2n1. The maximum Gasteiger partial charge on any atom is 0.298 e. The number of rotatable bonds is 4. The van der Waals surface area contributed by atoms with E-state index in [1.807, 2.05) is 42.8 Å². The van der Waals surface area contributed by atoms with Crippen LogP contribution in [0.25, 0.3) is 33.2 Å². The number of carbonyl (C=O) groups excluding carboxylic acids is 1. The molecule has 4 aromatic rings. The summed E-state index contributed by atoms with van der Waals surface area (Å²) >= 11 is 0. The van der Waals surface area contributed by atoms with Crippen LogP contribution in [-0.4, -0.2) is 48.5 Å². The smallest absolute Gasteiger partial charge is 0.298 e. The monoisotopic (exact) mass is 462 g/mol. The molecule has 0 spiro atoms. The zero-order valence-electron chi connectivity index (χ0n) is 19.8. The van der Waals surface area contributed by atoms with Gasteiger partial charge in [-0.2, -0.15) is 0 Å². The number of piperidine rings is 1. The van der Waals surface area contributed by atoms with Crippen molar-refractivity contribution in [1.82, 2.24) is 30.0 Å². The Balaban J connectivity index is 1.59. The highest BCUT2D eigenvalue weighted by Gasteiger charge is 2.47. The molecular weight excluding hydrogens is 435 g/mol. The van der Waals surface area contributed by atoms with E-state index in [9.17, 15) is 4.79 Å². The molecule has 0 amide bonds. The molecule has 1 aliphatic rings. The number of aryl methyl sites for hydroxylation is 1. The second kappa shape index (κ2) is 7.80. The van der Waals surface area contributed by atoms with Crippen molar-refractivity contribution in [1.29, 1.82) is 0 Å². The minimum absolute atomic E-state index is 0.229. The zero-order chi connectivity index (χ0) is 24.3. The number of hydrogen-bond acceptors (Lipinski definition) is 7. The summed E-state index contributed by atoms with van der Waals surface area (Å²) in [4.78, 5) is 19.8. The van der Waals surface area contributed by atoms with Gasteiger partial charge in [0.25, 0.3) is 6.47 Å². The molecule has 1 N–H and O–H groups in total. The van der Waals surface area contributed by atoms with Crippen molar-refractivity contribution < 1.29 is 13.9 Å².